The number of benzene rings is 1. The summed E-state index contributed by atoms with van der Waals surface area (Å²) in [7, 11) is 0. The van der Waals surface area contributed by atoms with Crippen LogP contribution >= 0.6 is 11.8 Å². The van der Waals surface area contributed by atoms with Crippen molar-refractivity contribution in [3.8, 4) is 0 Å². The first kappa shape index (κ1) is 13.1. The summed E-state index contributed by atoms with van der Waals surface area (Å²) in [6, 6.07) is 10.2. The van der Waals surface area contributed by atoms with Crippen LogP contribution < -0.4 is 0 Å². The maximum absolute atomic E-state index is 10.2. The molecule has 0 amide bonds. The molecule has 1 atom stereocenters. The molecule has 0 spiro atoms. The SMILES string of the molecule is Cc1ccccc1SCC(O)c1cnccc1C. The summed E-state index contributed by atoms with van der Waals surface area (Å²) in [6.07, 6.45) is 3.03. The lowest BCUT2D eigenvalue weighted by atomic mass is 10.1. The van der Waals surface area contributed by atoms with Gasteiger partial charge in [0.25, 0.3) is 0 Å². The lowest BCUT2D eigenvalue weighted by Gasteiger charge is -2.13. The van der Waals surface area contributed by atoms with E-state index in [0.717, 1.165) is 11.1 Å². The number of rotatable bonds is 4. The summed E-state index contributed by atoms with van der Waals surface area (Å²) < 4.78 is 0. The number of aliphatic hydroxyl groups excluding tert-OH is 1. The molecule has 2 aromatic rings. The first-order valence-electron chi connectivity index (χ1n) is 5.95. The van der Waals surface area contributed by atoms with Gasteiger partial charge in [-0.2, -0.15) is 0 Å². The van der Waals surface area contributed by atoms with E-state index >= 15 is 0 Å². The van der Waals surface area contributed by atoms with Crippen LogP contribution in [0.1, 0.15) is 22.8 Å². The molecule has 1 unspecified atom stereocenters. The summed E-state index contributed by atoms with van der Waals surface area (Å²) in [4.78, 5) is 5.29. The molecule has 0 aliphatic carbocycles. The van der Waals surface area contributed by atoms with Gasteiger partial charge >= 0.3 is 0 Å². The molecule has 1 aromatic carbocycles. The number of hydrogen-bond donors (Lipinski definition) is 1. The Morgan fingerprint density at radius 1 is 1.17 bits per heavy atom. The van der Waals surface area contributed by atoms with Crippen molar-refractivity contribution in [3.05, 3.63) is 59.4 Å². The molecular weight excluding hydrogens is 242 g/mol. The topological polar surface area (TPSA) is 33.1 Å². The molecule has 1 heterocycles. The van der Waals surface area contributed by atoms with Crippen molar-refractivity contribution in [2.75, 3.05) is 5.75 Å². The number of pyridine rings is 1. The summed E-state index contributed by atoms with van der Waals surface area (Å²) in [5, 5.41) is 10.2. The molecule has 0 bridgehead atoms. The van der Waals surface area contributed by atoms with E-state index < -0.39 is 6.10 Å². The first-order valence-corrected chi connectivity index (χ1v) is 6.94. The zero-order valence-electron chi connectivity index (χ0n) is 10.6. The average Bonchev–Trinajstić information content (AvgIpc) is 2.38. The standard InChI is InChI=1S/C15H17NOS/c1-11-7-8-16-9-13(11)14(17)10-18-15-6-4-3-5-12(15)2/h3-9,14,17H,10H2,1-2H3. The Morgan fingerprint density at radius 3 is 2.67 bits per heavy atom. The third kappa shape index (κ3) is 3.12. The summed E-state index contributed by atoms with van der Waals surface area (Å²) in [5.41, 5.74) is 3.25. The van der Waals surface area contributed by atoms with Crippen molar-refractivity contribution in [1.29, 1.82) is 0 Å². The Hall–Kier alpha value is -1.32. The Labute approximate surface area is 112 Å². The Balaban J connectivity index is 2.03. The summed E-state index contributed by atoms with van der Waals surface area (Å²) in [5.74, 6) is 0.650. The molecule has 0 saturated carbocycles. The monoisotopic (exact) mass is 259 g/mol. The molecule has 0 aliphatic heterocycles. The fraction of sp³-hybridized carbons (Fsp3) is 0.267. The highest BCUT2D eigenvalue weighted by molar-refractivity contribution is 7.99. The number of aryl methyl sites for hydroxylation is 2. The van der Waals surface area contributed by atoms with E-state index in [1.165, 1.54) is 10.5 Å². The lowest BCUT2D eigenvalue weighted by Crippen LogP contribution is -2.03. The molecule has 0 aliphatic rings. The van der Waals surface area contributed by atoms with Crippen LogP contribution in [0.25, 0.3) is 0 Å². The minimum absolute atomic E-state index is 0.469. The summed E-state index contributed by atoms with van der Waals surface area (Å²) in [6.45, 7) is 4.09. The number of aromatic nitrogens is 1. The van der Waals surface area contributed by atoms with Gasteiger partial charge in [-0.1, -0.05) is 18.2 Å². The van der Waals surface area contributed by atoms with Crippen LogP contribution in [0.3, 0.4) is 0 Å². The van der Waals surface area contributed by atoms with Gasteiger partial charge in [-0.3, -0.25) is 4.98 Å². The number of aliphatic hydroxyl groups is 1. The van der Waals surface area contributed by atoms with Crippen LogP contribution in [-0.2, 0) is 0 Å². The molecule has 18 heavy (non-hydrogen) atoms. The molecule has 0 radical (unpaired) electrons. The molecular formula is C15H17NOS. The Bertz CT molecular complexity index is 527. The fourth-order valence-electron chi connectivity index (χ4n) is 1.80. The van der Waals surface area contributed by atoms with Crippen LogP contribution in [-0.4, -0.2) is 15.8 Å². The highest BCUT2D eigenvalue weighted by Crippen LogP contribution is 2.27. The number of hydrogen-bond acceptors (Lipinski definition) is 3. The van der Waals surface area contributed by atoms with Crippen molar-refractivity contribution < 1.29 is 5.11 Å². The second kappa shape index (κ2) is 6.03. The average molecular weight is 259 g/mol. The molecule has 94 valence electrons. The maximum Gasteiger partial charge on any atom is 0.0901 e. The molecule has 1 N–H and O–H groups in total. The van der Waals surface area contributed by atoms with Crippen molar-refractivity contribution in [2.45, 2.75) is 24.8 Å². The fourth-order valence-corrected chi connectivity index (χ4v) is 2.79. The predicted octanol–water partition coefficient (Wildman–Crippen LogP) is 3.52. The summed E-state index contributed by atoms with van der Waals surface area (Å²) >= 11 is 1.68. The van der Waals surface area contributed by atoms with Crippen LogP contribution in [0.15, 0.2) is 47.6 Å². The zero-order valence-corrected chi connectivity index (χ0v) is 11.4. The van der Waals surface area contributed by atoms with E-state index in [2.05, 4.69) is 24.0 Å². The van der Waals surface area contributed by atoms with Crippen LogP contribution in [0.2, 0.25) is 0 Å². The molecule has 0 fully saturated rings. The van der Waals surface area contributed by atoms with E-state index in [1.807, 2.05) is 25.1 Å². The quantitative estimate of drug-likeness (QED) is 0.853. The lowest BCUT2D eigenvalue weighted by molar-refractivity contribution is 0.203. The van der Waals surface area contributed by atoms with Crippen LogP contribution in [0.4, 0.5) is 0 Å². The van der Waals surface area contributed by atoms with Gasteiger partial charge in [0.1, 0.15) is 0 Å². The second-order valence-electron chi connectivity index (χ2n) is 4.32. The van der Waals surface area contributed by atoms with E-state index in [-0.39, 0.29) is 0 Å². The zero-order chi connectivity index (χ0) is 13.0. The molecule has 1 aromatic heterocycles. The number of nitrogens with zero attached hydrogens (tertiary/aromatic N) is 1. The van der Waals surface area contributed by atoms with E-state index in [4.69, 9.17) is 0 Å². The maximum atomic E-state index is 10.2. The van der Waals surface area contributed by atoms with Crippen molar-refractivity contribution in [2.24, 2.45) is 0 Å². The second-order valence-corrected chi connectivity index (χ2v) is 5.39. The van der Waals surface area contributed by atoms with Gasteiger partial charge in [0.15, 0.2) is 0 Å². The van der Waals surface area contributed by atoms with E-state index in [0.29, 0.717) is 5.75 Å². The highest BCUT2D eigenvalue weighted by Gasteiger charge is 2.11. The van der Waals surface area contributed by atoms with Gasteiger partial charge < -0.3 is 5.11 Å². The smallest absolute Gasteiger partial charge is 0.0901 e. The minimum Gasteiger partial charge on any atom is -0.387 e. The molecule has 0 saturated heterocycles. The highest BCUT2D eigenvalue weighted by atomic mass is 32.2. The van der Waals surface area contributed by atoms with Gasteiger partial charge in [-0.15, -0.1) is 11.8 Å². The van der Waals surface area contributed by atoms with Gasteiger partial charge in [0.2, 0.25) is 0 Å². The van der Waals surface area contributed by atoms with Gasteiger partial charge in [0, 0.05) is 28.6 Å². The van der Waals surface area contributed by atoms with Gasteiger partial charge in [-0.05, 0) is 37.1 Å². The van der Waals surface area contributed by atoms with E-state index in [1.54, 1.807) is 24.2 Å². The van der Waals surface area contributed by atoms with Gasteiger partial charge in [-0.25, -0.2) is 0 Å². The van der Waals surface area contributed by atoms with Crippen LogP contribution in [0.5, 0.6) is 0 Å². The largest absolute Gasteiger partial charge is 0.387 e. The normalized spacial score (nSPS) is 12.4. The first-order chi connectivity index (χ1) is 8.68. The minimum atomic E-state index is -0.469. The molecule has 3 heteroatoms. The molecule has 2 rings (SSSR count). The van der Waals surface area contributed by atoms with Crippen molar-refractivity contribution in [1.82, 2.24) is 4.98 Å². The number of thioether (sulfide) groups is 1. The Morgan fingerprint density at radius 2 is 1.94 bits per heavy atom. The van der Waals surface area contributed by atoms with Crippen molar-refractivity contribution >= 4 is 11.8 Å². The third-order valence-electron chi connectivity index (χ3n) is 2.93. The third-order valence-corrected chi connectivity index (χ3v) is 4.18. The van der Waals surface area contributed by atoms with Crippen molar-refractivity contribution in [3.63, 3.8) is 0 Å². The van der Waals surface area contributed by atoms with E-state index in [9.17, 15) is 5.11 Å². The van der Waals surface area contributed by atoms with Gasteiger partial charge in [0.05, 0.1) is 6.10 Å². The molecule has 2 nitrogen and oxygen atoms in total. The predicted molar refractivity (Wildman–Crippen MR) is 75.8 cm³/mol. The van der Waals surface area contributed by atoms with Crippen LogP contribution in [0, 0.1) is 13.8 Å². The Kier molecular flexibility index (Phi) is 4.39.